The topological polar surface area (TPSA) is 100 Å². The number of furan rings is 1. The molecule has 4 aromatic rings. The van der Waals surface area contributed by atoms with Gasteiger partial charge in [0.05, 0.1) is 12.8 Å². The number of fused-ring (bicyclic) bond motifs is 1. The Labute approximate surface area is 159 Å². The molecule has 0 spiro atoms. The molecule has 0 N–H and O–H groups in total. The van der Waals surface area contributed by atoms with E-state index in [9.17, 15) is 9.59 Å². The first-order chi connectivity index (χ1) is 13.6. The number of oxazole rings is 1. The van der Waals surface area contributed by atoms with Crippen LogP contribution >= 0.6 is 0 Å². The van der Waals surface area contributed by atoms with Crippen LogP contribution in [0, 0.1) is 6.92 Å². The number of hydrogen-bond acceptors (Lipinski definition) is 7. The lowest BCUT2D eigenvalue weighted by molar-refractivity contribution is 0.0526. The van der Waals surface area contributed by atoms with Crippen molar-refractivity contribution in [3.8, 4) is 11.3 Å². The first-order valence-corrected chi connectivity index (χ1v) is 8.74. The second-order valence-electron chi connectivity index (χ2n) is 6.10. The lowest BCUT2D eigenvalue weighted by Crippen LogP contribution is -2.22. The molecule has 0 aliphatic rings. The van der Waals surface area contributed by atoms with Crippen LogP contribution in [0.15, 0.2) is 56.5 Å². The molecule has 8 heteroatoms. The highest BCUT2D eigenvalue weighted by molar-refractivity contribution is 6.03. The standard InChI is InChI=1S/C20H17N3O5/c1-3-26-20(25)16-12(2)27-18-17(16)19(24)23(11-22-18)10-15-21-9-14(28-15)13-7-5-4-6-8-13/h4-9,11H,3,10H2,1-2H3. The number of rotatable bonds is 5. The third-order valence-electron chi connectivity index (χ3n) is 4.25. The van der Waals surface area contributed by atoms with Crippen molar-refractivity contribution in [3.05, 3.63) is 70.4 Å². The van der Waals surface area contributed by atoms with Crippen LogP contribution in [0.3, 0.4) is 0 Å². The minimum atomic E-state index is -0.613. The zero-order valence-electron chi connectivity index (χ0n) is 15.3. The lowest BCUT2D eigenvalue weighted by atomic mass is 10.2. The molecule has 0 radical (unpaired) electrons. The Morgan fingerprint density at radius 2 is 1.96 bits per heavy atom. The molecule has 0 aliphatic heterocycles. The maximum Gasteiger partial charge on any atom is 0.342 e. The summed E-state index contributed by atoms with van der Waals surface area (Å²) in [6, 6.07) is 9.53. The van der Waals surface area contributed by atoms with Gasteiger partial charge >= 0.3 is 5.97 Å². The van der Waals surface area contributed by atoms with Gasteiger partial charge in [0.1, 0.15) is 29.6 Å². The first-order valence-electron chi connectivity index (χ1n) is 8.74. The van der Waals surface area contributed by atoms with Gasteiger partial charge in [-0.2, -0.15) is 0 Å². The zero-order chi connectivity index (χ0) is 19.7. The van der Waals surface area contributed by atoms with Crippen molar-refractivity contribution >= 4 is 17.1 Å². The van der Waals surface area contributed by atoms with E-state index >= 15 is 0 Å². The van der Waals surface area contributed by atoms with E-state index in [1.807, 2.05) is 30.3 Å². The van der Waals surface area contributed by atoms with Gasteiger partial charge < -0.3 is 13.6 Å². The minimum absolute atomic E-state index is 0.0705. The lowest BCUT2D eigenvalue weighted by Gasteiger charge is -2.03. The fourth-order valence-corrected chi connectivity index (χ4v) is 2.96. The summed E-state index contributed by atoms with van der Waals surface area (Å²) in [6.45, 7) is 3.55. The Bertz CT molecular complexity index is 1200. The number of benzene rings is 1. The van der Waals surface area contributed by atoms with Crippen LogP contribution in [-0.2, 0) is 11.3 Å². The monoisotopic (exact) mass is 379 g/mol. The van der Waals surface area contributed by atoms with Gasteiger partial charge in [-0.15, -0.1) is 0 Å². The van der Waals surface area contributed by atoms with Crippen LogP contribution in [0.4, 0.5) is 0 Å². The molecule has 0 saturated carbocycles. The molecule has 3 aromatic heterocycles. The highest BCUT2D eigenvalue weighted by atomic mass is 16.5. The second kappa shape index (κ2) is 7.15. The van der Waals surface area contributed by atoms with Gasteiger partial charge in [0.2, 0.25) is 11.6 Å². The SMILES string of the molecule is CCOC(=O)c1c(C)oc2ncn(Cc3ncc(-c4ccccc4)o3)c(=O)c12. The molecule has 0 amide bonds. The van der Waals surface area contributed by atoms with Crippen molar-refractivity contribution in [2.45, 2.75) is 20.4 Å². The van der Waals surface area contributed by atoms with Crippen molar-refractivity contribution < 1.29 is 18.4 Å². The quantitative estimate of drug-likeness (QED) is 0.491. The third-order valence-corrected chi connectivity index (χ3v) is 4.25. The fraction of sp³-hybridized carbons (Fsp3) is 0.200. The van der Waals surface area contributed by atoms with Crippen LogP contribution in [0.25, 0.3) is 22.4 Å². The van der Waals surface area contributed by atoms with E-state index in [1.54, 1.807) is 20.0 Å². The predicted molar refractivity (Wildman–Crippen MR) is 100 cm³/mol. The summed E-state index contributed by atoms with van der Waals surface area (Å²) in [7, 11) is 0. The molecular weight excluding hydrogens is 362 g/mol. The first kappa shape index (κ1) is 17.7. The Morgan fingerprint density at radius 3 is 2.71 bits per heavy atom. The van der Waals surface area contributed by atoms with Gasteiger partial charge in [-0.1, -0.05) is 30.3 Å². The third kappa shape index (κ3) is 3.09. The summed E-state index contributed by atoms with van der Waals surface area (Å²) in [5, 5.41) is 0.0910. The molecule has 0 aliphatic carbocycles. The largest absolute Gasteiger partial charge is 0.462 e. The van der Waals surface area contributed by atoms with Gasteiger partial charge in [-0.3, -0.25) is 9.36 Å². The van der Waals surface area contributed by atoms with Gasteiger partial charge in [-0.05, 0) is 13.8 Å². The van der Waals surface area contributed by atoms with Gasteiger partial charge in [0.25, 0.3) is 5.56 Å². The molecular formula is C20H17N3O5. The maximum atomic E-state index is 12.9. The van der Waals surface area contributed by atoms with E-state index in [0.29, 0.717) is 17.4 Å². The minimum Gasteiger partial charge on any atom is -0.462 e. The normalized spacial score (nSPS) is 11.1. The number of nitrogens with zero attached hydrogens (tertiary/aromatic N) is 3. The molecule has 0 unspecified atom stereocenters. The molecule has 142 valence electrons. The maximum absolute atomic E-state index is 12.9. The van der Waals surface area contributed by atoms with E-state index in [1.165, 1.54) is 10.9 Å². The fourth-order valence-electron chi connectivity index (χ4n) is 2.96. The van der Waals surface area contributed by atoms with Crippen LogP contribution in [-0.4, -0.2) is 27.1 Å². The molecule has 0 saturated heterocycles. The molecule has 0 bridgehead atoms. The number of aromatic nitrogens is 3. The number of aryl methyl sites for hydroxylation is 1. The molecule has 3 heterocycles. The van der Waals surface area contributed by atoms with E-state index in [0.717, 1.165) is 5.56 Å². The summed E-state index contributed by atoms with van der Waals surface area (Å²) in [6.07, 6.45) is 2.95. The Balaban J connectivity index is 1.71. The number of carbonyl (C=O) groups excluding carboxylic acids is 1. The Kier molecular flexibility index (Phi) is 4.52. The average Bonchev–Trinajstić information content (AvgIpc) is 3.29. The molecule has 0 atom stereocenters. The van der Waals surface area contributed by atoms with E-state index < -0.39 is 11.5 Å². The molecule has 8 nitrogen and oxygen atoms in total. The smallest absolute Gasteiger partial charge is 0.342 e. The highest BCUT2D eigenvalue weighted by Crippen LogP contribution is 2.23. The molecule has 4 rings (SSSR count). The van der Waals surface area contributed by atoms with Crippen molar-refractivity contribution in [2.75, 3.05) is 6.61 Å². The van der Waals surface area contributed by atoms with Crippen molar-refractivity contribution in [1.29, 1.82) is 0 Å². The summed E-state index contributed by atoms with van der Waals surface area (Å²) >= 11 is 0. The average molecular weight is 379 g/mol. The van der Waals surface area contributed by atoms with Crippen molar-refractivity contribution in [3.63, 3.8) is 0 Å². The number of carbonyl (C=O) groups is 1. The summed E-state index contributed by atoms with van der Waals surface area (Å²) < 4.78 is 17.6. The van der Waals surface area contributed by atoms with Crippen LogP contribution in [0.5, 0.6) is 0 Å². The van der Waals surface area contributed by atoms with Gasteiger partial charge in [-0.25, -0.2) is 14.8 Å². The van der Waals surface area contributed by atoms with Gasteiger partial charge in [0, 0.05) is 5.56 Å². The molecule has 28 heavy (non-hydrogen) atoms. The summed E-state index contributed by atoms with van der Waals surface area (Å²) in [5.74, 6) is 0.625. The van der Waals surface area contributed by atoms with Crippen LogP contribution in [0.2, 0.25) is 0 Å². The number of hydrogen-bond donors (Lipinski definition) is 0. The second-order valence-corrected chi connectivity index (χ2v) is 6.10. The van der Waals surface area contributed by atoms with Crippen LogP contribution in [0.1, 0.15) is 28.9 Å². The summed E-state index contributed by atoms with van der Waals surface area (Å²) in [4.78, 5) is 33.6. The number of esters is 1. The summed E-state index contributed by atoms with van der Waals surface area (Å²) in [5.41, 5.74) is 0.654. The van der Waals surface area contributed by atoms with E-state index in [-0.39, 0.29) is 29.8 Å². The van der Waals surface area contributed by atoms with E-state index in [4.69, 9.17) is 13.6 Å². The molecule has 0 fully saturated rings. The van der Waals surface area contributed by atoms with Crippen molar-refractivity contribution in [1.82, 2.24) is 14.5 Å². The predicted octanol–water partition coefficient (Wildman–Crippen LogP) is 3.18. The zero-order valence-corrected chi connectivity index (χ0v) is 15.3. The Morgan fingerprint density at radius 1 is 1.18 bits per heavy atom. The highest BCUT2D eigenvalue weighted by Gasteiger charge is 2.24. The van der Waals surface area contributed by atoms with E-state index in [2.05, 4.69) is 9.97 Å². The van der Waals surface area contributed by atoms with Crippen LogP contribution < -0.4 is 5.56 Å². The molecule has 1 aromatic carbocycles. The number of ether oxygens (including phenoxy) is 1. The Hall–Kier alpha value is -3.68. The van der Waals surface area contributed by atoms with Crippen molar-refractivity contribution in [2.24, 2.45) is 0 Å². The van der Waals surface area contributed by atoms with Gasteiger partial charge in [0.15, 0.2) is 5.76 Å².